The van der Waals surface area contributed by atoms with E-state index in [0.717, 1.165) is 12.0 Å². The molecule has 16 heavy (non-hydrogen) atoms. The van der Waals surface area contributed by atoms with Crippen molar-refractivity contribution in [3.8, 4) is 0 Å². The molecule has 3 heteroatoms. The molecule has 0 radical (unpaired) electrons. The number of Topliss-reactive ketones (excluding diaryl/α,β-unsaturated/α-hetero) is 1. The summed E-state index contributed by atoms with van der Waals surface area (Å²) in [5.41, 5.74) is 1.03. The Kier molecular flexibility index (Phi) is 5.50. The van der Waals surface area contributed by atoms with Crippen LogP contribution in [0.25, 0.3) is 0 Å². The van der Waals surface area contributed by atoms with Gasteiger partial charge in [-0.05, 0) is 24.1 Å². The zero-order chi connectivity index (χ0) is 12.0. The SMILES string of the molecule is CCC(C)C(=O)COCc1ccc(Cl)cc1. The quantitative estimate of drug-likeness (QED) is 0.761. The van der Waals surface area contributed by atoms with Gasteiger partial charge in [0.25, 0.3) is 0 Å². The third-order valence-corrected chi connectivity index (χ3v) is 2.84. The molecule has 1 aromatic rings. The van der Waals surface area contributed by atoms with Crippen molar-refractivity contribution in [1.82, 2.24) is 0 Å². The molecular weight excluding hydrogens is 224 g/mol. The van der Waals surface area contributed by atoms with Crippen LogP contribution in [0.3, 0.4) is 0 Å². The van der Waals surface area contributed by atoms with Crippen LogP contribution in [0.4, 0.5) is 0 Å². The maximum absolute atomic E-state index is 11.5. The van der Waals surface area contributed by atoms with Gasteiger partial charge in [-0.25, -0.2) is 0 Å². The van der Waals surface area contributed by atoms with Crippen LogP contribution in [0.15, 0.2) is 24.3 Å². The molecule has 0 aliphatic carbocycles. The highest BCUT2D eigenvalue weighted by Crippen LogP contribution is 2.10. The van der Waals surface area contributed by atoms with E-state index in [1.54, 1.807) is 0 Å². The van der Waals surface area contributed by atoms with E-state index in [0.29, 0.717) is 11.6 Å². The van der Waals surface area contributed by atoms with Gasteiger partial charge >= 0.3 is 0 Å². The van der Waals surface area contributed by atoms with Gasteiger partial charge in [0.15, 0.2) is 5.78 Å². The molecular formula is C13H17ClO2. The number of carbonyl (C=O) groups is 1. The Morgan fingerprint density at radius 1 is 1.38 bits per heavy atom. The van der Waals surface area contributed by atoms with Crippen molar-refractivity contribution < 1.29 is 9.53 Å². The van der Waals surface area contributed by atoms with Crippen LogP contribution in [0.2, 0.25) is 5.02 Å². The lowest BCUT2D eigenvalue weighted by Crippen LogP contribution is -2.16. The first-order valence-electron chi connectivity index (χ1n) is 5.48. The molecule has 0 bridgehead atoms. The third kappa shape index (κ3) is 4.33. The maximum Gasteiger partial charge on any atom is 0.161 e. The molecule has 1 unspecified atom stereocenters. The van der Waals surface area contributed by atoms with Crippen molar-refractivity contribution in [2.45, 2.75) is 26.9 Å². The van der Waals surface area contributed by atoms with Gasteiger partial charge in [-0.2, -0.15) is 0 Å². The van der Waals surface area contributed by atoms with Crippen LogP contribution in [0.1, 0.15) is 25.8 Å². The molecule has 1 aromatic carbocycles. The minimum atomic E-state index is 0.0882. The standard InChI is InChI=1S/C13H17ClO2/c1-3-10(2)13(15)9-16-8-11-4-6-12(14)7-5-11/h4-7,10H,3,8-9H2,1-2H3. The van der Waals surface area contributed by atoms with Gasteiger partial charge in [0, 0.05) is 10.9 Å². The number of ketones is 1. The van der Waals surface area contributed by atoms with Crippen molar-refractivity contribution >= 4 is 17.4 Å². The third-order valence-electron chi connectivity index (χ3n) is 2.59. The number of benzene rings is 1. The number of carbonyl (C=O) groups excluding carboxylic acids is 1. The summed E-state index contributed by atoms with van der Waals surface area (Å²) in [5, 5.41) is 0.708. The molecule has 0 aliphatic heterocycles. The second kappa shape index (κ2) is 6.66. The summed E-state index contributed by atoms with van der Waals surface area (Å²) < 4.78 is 5.35. The molecule has 0 saturated carbocycles. The molecule has 1 atom stereocenters. The van der Waals surface area contributed by atoms with Gasteiger partial charge in [-0.1, -0.05) is 37.6 Å². The van der Waals surface area contributed by atoms with Gasteiger partial charge in [0.05, 0.1) is 6.61 Å². The first-order chi connectivity index (χ1) is 7.63. The number of ether oxygens (including phenoxy) is 1. The van der Waals surface area contributed by atoms with E-state index < -0.39 is 0 Å². The lowest BCUT2D eigenvalue weighted by molar-refractivity contribution is -0.127. The van der Waals surface area contributed by atoms with Gasteiger partial charge in [0.1, 0.15) is 6.61 Å². The van der Waals surface area contributed by atoms with E-state index in [2.05, 4.69) is 0 Å². The average Bonchev–Trinajstić information content (AvgIpc) is 2.30. The molecule has 1 rings (SSSR count). The van der Waals surface area contributed by atoms with Gasteiger partial charge in [-0.15, -0.1) is 0 Å². The molecule has 0 saturated heterocycles. The fourth-order valence-electron chi connectivity index (χ4n) is 1.22. The predicted octanol–water partition coefficient (Wildman–Crippen LogP) is 3.47. The average molecular weight is 241 g/mol. The van der Waals surface area contributed by atoms with Crippen molar-refractivity contribution in [1.29, 1.82) is 0 Å². The minimum Gasteiger partial charge on any atom is -0.369 e. The van der Waals surface area contributed by atoms with Crippen molar-refractivity contribution in [3.63, 3.8) is 0 Å². The Hall–Kier alpha value is -0.860. The monoisotopic (exact) mass is 240 g/mol. The van der Waals surface area contributed by atoms with Crippen molar-refractivity contribution in [2.24, 2.45) is 5.92 Å². The van der Waals surface area contributed by atoms with Gasteiger partial charge < -0.3 is 4.74 Å². The molecule has 0 N–H and O–H groups in total. The largest absolute Gasteiger partial charge is 0.369 e. The fraction of sp³-hybridized carbons (Fsp3) is 0.462. The summed E-state index contributed by atoms with van der Waals surface area (Å²) in [6.45, 7) is 4.58. The van der Waals surface area contributed by atoms with Gasteiger partial charge in [-0.3, -0.25) is 4.79 Å². The number of hydrogen-bond acceptors (Lipinski definition) is 2. The highest BCUT2D eigenvalue weighted by Gasteiger charge is 2.10. The zero-order valence-corrected chi connectivity index (χ0v) is 10.5. The number of rotatable bonds is 6. The fourth-order valence-corrected chi connectivity index (χ4v) is 1.35. The van der Waals surface area contributed by atoms with Crippen molar-refractivity contribution in [2.75, 3.05) is 6.61 Å². The Balaban J connectivity index is 2.30. The molecule has 0 aromatic heterocycles. The van der Waals surface area contributed by atoms with Crippen LogP contribution in [0, 0.1) is 5.92 Å². The molecule has 0 aliphatic rings. The lowest BCUT2D eigenvalue weighted by Gasteiger charge is -2.08. The van der Waals surface area contributed by atoms with E-state index in [1.165, 1.54) is 0 Å². The van der Waals surface area contributed by atoms with Crippen LogP contribution < -0.4 is 0 Å². The summed E-state index contributed by atoms with van der Waals surface area (Å²) in [6, 6.07) is 7.43. The molecule has 0 amide bonds. The van der Waals surface area contributed by atoms with Crippen molar-refractivity contribution in [3.05, 3.63) is 34.9 Å². The first-order valence-corrected chi connectivity index (χ1v) is 5.86. The topological polar surface area (TPSA) is 26.3 Å². The highest BCUT2D eigenvalue weighted by atomic mass is 35.5. The normalized spacial score (nSPS) is 12.4. The lowest BCUT2D eigenvalue weighted by atomic mass is 10.1. The van der Waals surface area contributed by atoms with Gasteiger partial charge in [0.2, 0.25) is 0 Å². The number of halogens is 1. The predicted molar refractivity (Wildman–Crippen MR) is 65.6 cm³/mol. The van der Waals surface area contributed by atoms with E-state index in [4.69, 9.17) is 16.3 Å². The summed E-state index contributed by atoms with van der Waals surface area (Å²) in [4.78, 5) is 11.5. The second-order valence-electron chi connectivity index (χ2n) is 3.89. The first kappa shape index (κ1) is 13.2. The zero-order valence-electron chi connectivity index (χ0n) is 9.70. The molecule has 0 fully saturated rings. The Morgan fingerprint density at radius 3 is 2.56 bits per heavy atom. The minimum absolute atomic E-state index is 0.0882. The van der Waals surface area contributed by atoms with E-state index in [1.807, 2.05) is 38.1 Å². The molecule has 88 valence electrons. The smallest absolute Gasteiger partial charge is 0.161 e. The summed E-state index contributed by atoms with van der Waals surface area (Å²) in [7, 11) is 0. The van der Waals surface area contributed by atoms with E-state index in [9.17, 15) is 4.79 Å². The molecule has 0 spiro atoms. The summed E-state index contributed by atoms with van der Waals surface area (Å²) in [5.74, 6) is 0.252. The second-order valence-corrected chi connectivity index (χ2v) is 4.33. The van der Waals surface area contributed by atoms with Crippen LogP contribution in [0.5, 0.6) is 0 Å². The summed E-state index contributed by atoms with van der Waals surface area (Å²) >= 11 is 5.76. The molecule has 0 heterocycles. The maximum atomic E-state index is 11.5. The van der Waals surface area contributed by atoms with Crippen LogP contribution in [-0.4, -0.2) is 12.4 Å². The van der Waals surface area contributed by atoms with Crippen LogP contribution in [-0.2, 0) is 16.1 Å². The van der Waals surface area contributed by atoms with E-state index >= 15 is 0 Å². The highest BCUT2D eigenvalue weighted by molar-refractivity contribution is 6.30. The Labute approximate surface area is 102 Å². The summed E-state index contributed by atoms with van der Waals surface area (Å²) in [6.07, 6.45) is 0.864. The van der Waals surface area contributed by atoms with Crippen LogP contribution >= 0.6 is 11.6 Å². The Bertz CT molecular complexity index is 332. The van der Waals surface area contributed by atoms with E-state index in [-0.39, 0.29) is 18.3 Å². The molecule has 2 nitrogen and oxygen atoms in total. The number of hydrogen-bond donors (Lipinski definition) is 0. The Morgan fingerprint density at radius 2 is 2.00 bits per heavy atom.